The molecule has 3 N–H and O–H groups in total. The highest BCUT2D eigenvalue weighted by Crippen LogP contribution is 2.15. The van der Waals surface area contributed by atoms with Gasteiger partial charge in [0, 0.05) is 6.20 Å². The van der Waals surface area contributed by atoms with Crippen LogP contribution < -0.4 is 11.3 Å². The van der Waals surface area contributed by atoms with E-state index in [1.165, 1.54) is 0 Å². The summed E-state index contributed by atoms with van der Waals surface area (Å²) in [5, 5.41) is 4.94. The number of nitrogens with zero attached hydrogens (tertiary/aromatic N) is 2. The van der Waals surface area contributed by atoms with Crippen LogP contribution in [0.3, 0.4) is 0 Å². The maximum atomic E-state index is 11.4. The third-order valence-corrected chi connectivity index (χ3v) is 3.22. The molecule has 19 heavy (non-hydrogen) atoms. The average Bonchev–Trinajstić information content (AvgIpc) is 2.70. The largest absolute Gasteiger partial charge is 0.294 e. The average molecular weight is 279 g/mol. The van der Waals surface area contributed by atoms with Crippen molar-refractivity contribution in [2.24, 2.45) is 5.84 Å². The van der Waals surface area contributed by atoms with Crippen LogP contribution in [-0.2, 0) is 17.8 Å². The van der Waals surface area contributed by atoms with Crippen molar-refractivity contribution in [1.29, 1.82) is 0 Å². The Bertz CT molecular complexity index is 575. The van der Waals surface area contributed by atoms with Crippen molar-refractivity contribution >= 4 is 17.5 Å². The Morgan fingerprint density at radius 3 is 2.68 bits per heavy atom. The zero-order valence-corrected chi connectivity index (χ0v) is 11.3. The van der Waals surface area contributed by atoms with Gasteiger partial charge >= 0.3 is 0 Å². The van der Waals surface area contributed by atoms with Gasteiger partial charge in [-0.15, -0.1) is 0 Å². The second-order valence-electron chi connectivity index (χ2n) is 4.27. The standard InChI is InChI=1S/C13H15ClN4O/c1-9-12(14)8-18(17-9)7-11-5-3-2-4-10(11)6-13(19)16-15/h2-5,8H,6-7,15H2,1H3,(H,16,19). The summed E-state index contributed by atoms with van der Waals surface area (Å²) in [5.74, 6) is 4.89. The number of hydrogen-bond donors (Lipinski definition) is 2. The monoisotopic (exact) mass is 278 g/mol. The fraction of sp³-hybridized carbons (Fsp3) is 0.231. The van der Waals surface area contributed by atoms with E-state index < -0.39 is 0 Å². The number of nitrogens with one attached hydrogen (secondary N) is 1. The second kappa shape index (κ2) is 5.86. The minimum atomic E-state index is -0.220. The Morgan fingerprint density at radius 1 is 1.42 bits per heavy atom. The normalized spacial score (nSPS) is 10.5. The number of aromatic nitrogens is 2. The predicted molar refractivity (Wildman–Crippen MR) is 73.6 cm³/mol. The van der Waals surface area contributed by atoms with Crippen molar-refractivity contribution < 1.29 is 4.79 Å². The molecule has 100 valence electrons. The molecule has 0 aliphatic carbocycles. The Kier molecular flexibility index (Phi) is 4.19. The summed E-state index contributed by atoms with van der Waals surface area (Å²) in [6.07, 6.45) is 2.03. The molecule has 0 atom stereocenters. The van der Waals surface area contributed by atoms with Crippen LogP contribution in [0.2, 0.25) is 5.02 Å². The van der Waals surface area contributed by atoms with Crippen LogP contribution in [-0.4, -0.2) is 15.7 Å². The molecule has 0 unspecified atom stereocenters. The van der Waals surface area contributed by atoms with E-state index in [1.807, 2.05) is 31.2 Å². The molecule has 0 aliphatic rings. The first-order valence-electron chi connectivity index (χ1n) is 5.86. The number of benzene rings is 1. The molecular weight excluding hydrogens is 264 g/mol. The maximum absolute atomic E-state index is 11.4. The van der Waals surface area contributed by atoms with Crippen LogP contribution in [0, 0.1) is 6.92 Å². The molecular formula is C13H15ClN4O. The molecule has 0 spiro atoms. The lowest BCUT2D eigenvalue weighted by Gasteiger charge is -2.08. The van der Waals surface area contributed by atoms with Gasteiger partial charge in [0.15, 0.2) is 0 Å². The van der Waals surface area contributed by atoms with Gasteiger partial charge in [-0.25, -0.2) is 5.84 Å². The molecule has 2 rings (SSSR count). The summed E-state index contributed by atoms with van der Waals surface area (Å²) in [6.45, 7) is 2.42. The van der Waals surface area contributed by atoms with Gasteiger partial charge in [-0.2, -0.15) is 5.10 Å². The van der Waals surface area contributed by atoms with E-state index >= 15 is 0 Å². The van der Waals surface area contributed by atoms with Crippen molar-refractivity contribution in [2.45, 2.75) is 19.9 Å². The predicted octanol–water partition coefficient (Wildman–Crippen LogP) is 1.43. The summed E-state index contributed by atoms with van der Waals surface area (Å²) in [4.78, 5) is 11.4. The lowest BCUT2D eigenvalue weighted by molar-refractivity contribution is -0.120. The molecule has 5 nitrogen and oxygen atoms in total. The van der Waals surface area contributed by atoms with Gasteiger partial charge in [-0.05, 0) is 18.1 Å². The summed E-state index contributed by atoms with van der Waals surface area (Å²) in [7, 11) is 0. The van der Waals surface area contributed by atoms with Gasteiger partial charge in [-0.1, -0.05) is 35.9 Å². The smallest absolute Gasteiger partial charge is 0.238 e. The summed E-state index contributed by atoms with van der Waals surface area (Å²) in [5.41, 5.74) is 4.87. The number of carbonyl (C=O) groups excluding carboxylic acids is 1. The minimum absolute atomic E-state index is 0.220. The number of aryl methyl sites for hydroxylation is 1. The first kappa shape index (κ1) is 13.6. The molecule has 0 fully saturated rings. The third kappa shape index (κ3) is 3.33. The zero-order valence-electron chi connectivity index (χ0n) is 10.6. The number of nitrogens with two attached hydrogens (primary N) is 1. The highest BCUT2D eigenvalue weighted by molar-refractivity contribution is 6.31. The van der Waals surface area contributed by atoms with E-state index in [0.717, 1.165) is 16.8 Å². The number of halogens is 1. The number of hydrogen-bond acceptors (Lipinski definition) is 3. The topological polar surface area (TPSA) is 72.9 Å². The summed E-state index contributed by atoms with van der Waals surface area (Å²) in [6, 6.07) is 7.69. The lowest BCUT2D eigenvalue weighted by atomic mass is 10.0. The van der Waals surface area contributed by atoms with E-state index in [0.29, 0.717) is 11.6 Å². The molecule has 1 heterocycles. The molecule has 1 amide bonds. The summed E-state index contributed by atoms with van der Waals surface area (Å²) < 4.78 is 1.76. The highest BCUT2D eigenvalue weighted by atomic mass is 35.5. The van der Waals surface area contributed by atoms with Crippen LogP contribution in [0.4, 0.5) is 0 Å². The Morgan fingerprint density at radius 2 is 2.11 bits per heavy atom. The van der Waals surface area contributed by atoms with Gasteiger partial charge < -0.3 is 0 Å². The SMILES string of the molecule is Cc1nn(Cc2ccccc2CC(=O)NN)cc1Cl. The fourth-order valence-electron chi connectivity index (χ4n) is 1.86. The molecule has 0 saturated heterocycles. The van der Waals surface area contributed by atoms with Crippen LogP contribution in [0.15, 0.2) is 30.5 Å². The lowest BCUT2D eigenvalue weighted by Crippen LogP contribution is -2.31. The third-order valence-electron chi connectivity index (χ3n) is 2.85. The first-order chi connectivity index (χ1) is 9.10. The fourth-order valence-corrected chi connectivity index (χ4v) is 2.01. The highest BCUT2D eigenvalue weighted by Gasteiger charge is 2.08. The van der Waals surface area contributed by atoms with Gasteiger partial charge in [-0.3, -0.25) is 14.9 Å². The van der Waals surface area contributed by atoms with Gasteiger partial charge in [0.2, 0.25) is 5.91 Å². The Hall–Kier alpha value is -1.85. The number of amides is 1. The van der Waals surface area contributed by atoms with Crippen molar-refractivity contribution in [3.63, 3.8) is 0 Å². The van der Waals surface area contributed by atoms with E-state index in [1.54, 1.807) is 10.9 Å². The van der Waals surface area contributed by atoms with E-state index in [4.69, 9.17) is 17.4 Å². The minimum Gasteiger partial charge on any atom is -0.294 e. The quantitative estimate of drug-likeness (QED) is 0.505. The number of rotatable bonds is 4. The molecule has 0 radical (unpaired) electrons. The van der Waals surface area contributed by atoms with Crippen LogP contribution in [0.25, 0.3) is 0 Å². The van der Waals surface area contributed by atoms with Crippen molar-refractivity contribution in [3.05, 3.63) is 52.3 Å². The van der Waals surface area contributed by atoms with Crippen LogP contribution in [0.5, 0.6) is 0 Å². The molecule has 1 aromatic carbocycles. The van der Waals surface area contributed by atoms with Crippen LogP contribution >= 0.6 is 11.6 Å². The first-order valence-corrected chi connectivity index (χ1v) is 6.23. The van der Waals surface area contributed by atoms with Crippen molar-refractivity contribution in [1.82, 2.24) is 15.2 Å². The van der Waals surface area contributed by atoms with Gasteiger partial charge in [0.25, 0.3) is 0 Å². The number of carbonyl (C=O) groups is 1. The van der Waals surface area contributed by atoms with E-state index in [9.17, 15) is 4.79 Å². The molecule has 6 heteroatoms. The van der Waals surface area contributed by atoms with Crippen molar-refractivity contribution in [3.8, 4) is 0 Å². The van der Waals surface area contributed by atoms with Gasteiger partial charge in [0.1, 0.15) is 0 Å². The Labute approximate surface area is 116 Å². The Balaban J connectivity index is 2.22. The summed E-state index contributed by atoms with van der Waals surface area (Å²) >= 11 is 5.98. The van der Waals surface area contributed by atoms with E-state index in [-0.39, 0.29) is 12.3 Å². The molecule has 1 aromatic heterocycles. The van der Waals surface area contributed by atoms with E-state index in [2.05, 4.69) is 10.5 Å². The maximum Gasteiger partial charge on any atom is 0.238 e. The second-order valence-corrected chi connectivity index (χ2v) is 4.68. The number of hydrazine groups is 1. The molecule has 0 bridgehead atoms. The van der Waals surface area contributed by atoms with Crippen LogP contribution in [0.1, 0.15) is 16.8 Å². The molecule has 0 aliphatic heterocycles. The van der Waals surface area contributed by atoms with Crippen molar-refractivity contribution in [2.75, 3.05) is 0 Å². The molecule has 0 saturated carbocycles. The zero-order chi connectivity index (χ0) is 13.8. The van der Waals surface area contributed by atoms with Gasteiger partial charge in [0.05, 0.1) is 23.7 Å². The molecule has 2 aromatic rings.